The zero-order chi connectivity index (χ0) is 12.3. The standard InChI is InChI=1S/C10H13BrN2O2S/c1-6(2)13(5-8(12)14)10(15)9-7(11)3-4-16-9/h3-4,6H,5H2,1-2H3,(H2,12,14). The van der Waals surface area contributed by atoms with E-state index in [1.54, 1.807) is 6.07 Å². The lowest BCUT2D eigenvalue weighted by atomic mass is 10.3. The minimum absolute atomic E-state index is 0.0547. The Morgan fingerprint density at radius 2 is 2.19 bits per heavy atom. The quantitative estimate of drug-likeness (QED) is 0.922. The molecule has 88 valence electrons. The van der Waals surface area contributed by atoms with Crippen molar-refractivity contribution < 1.29 is 9.59 Å². The summed E-state index contributed by atoms with van der Waals surface area (Å²) < 4.78 is 0.748. The molecule has 0 saturated heterocycles. The van der Waals surface area contributed by atoms with Gasteiger partial charge >= 0.3 is 0 Å². The third-order valence-electron chi connectivity index (χ3n) is 2.02. The molecule has 16 heavy (non-hydrogen) atoms. The highest BCUT2D eigenvalue weighted by molar-refractivity contribution is 9.10. The van der Waals surface area contributed by atoms with Gasteiger partial charge in [-0.2, -0.15) is 0 Å². The van der Waals surface area contributed by atoms with Crippen molar-refractivity contribution >= 4 is 39.1 Å². The number of hydrogen-bond acceptors (Lipinski definition) is 3. The zero-order valence-electron chi connectivity index (χ0n) is 9.07. The van der Waals surface area contributed by atoms with Crippen LogP contribution in [0.15, 0.2) is 15.9 Å². The largest absolute Gasteiger partial charge is 0.368 e. The fourth-order valence-electron chi connectivity index (χ4n) is 1.23. The van der Waals surface area contributed by atoms with Gasteiger partial charge in [-0.15, -0.1) is 11.3 Å². The molecule has 4 nitrogen and oxygen atoms in total. The second-order valence-electron chi connectivity index (χ2n) is 3.59. The van der Waals surface area contributed by atoms with Crippen LogP contribution < -0.4 is 5.73 Å². The van der Waals surface area contributed by atoms with Crippen LogP contribution in [0.4, 0.5) is 0 Å². The van der Waals surface area contributed by atoms with E-state index in [9.17, 15) is 9.59 Å². The molecule has 0 aliphatic rings. The lowest BCUT2D eigenvalue weighted by Crippen LogP contribution is -2.42. The molecule has 0 unspecified atom stereocenters. The monoisotopic (exact) mass is 304 g/mol. The van der Waals surface area contributed by atoms with Gasteiger partial charge in [0.25, 0.3) is 5.91 Å². The number of nitrogens with two attached hydrogens (primary N) is 1. The lowest BCUT2D eigenvalue weighted by molar-refractivity contribution is -0.119. The van der Waals surface area contributed by atoms with Crippen molar-refractivity contribution in [1.29, 1.82) is 0 Å². The van der Waals surface area contributed by atoms with E-state index in [2.05, 4.69) is 15.9 Å². The van der Waals surface area contributed by atoms with E-state index in [0.717, 1.165) is 4.47 Å². The number of amides is 2. The van der Waals surface area contributed by atoms with Gasteiger partial charge in [0, 0.05) is 10.5 Å². The van der Waals surface area contributed by atoms with Gasteiger partial charge in [-0.1, -0.05) is 0 Å². The van der Waals surface area contributed by atoms with E-state index >= 15 is 0 Å². The van der Waals surface area contributed by atoms with Crippen LogP contribution in [0.5, 0.6) is 0 Å². The Morgan fingerprint density at radius 3 is 2.56 bits per heavy atom. The fourth-order valence-corrected chi connectivity index (χ4v) is 2.73. The molecule has 6 heteroatoms. The van der Waals surface area contributed by atoms with Crippen molar-refractivity contribution in [3.63, 3.8) is 0 Å². The van der Waals surface area contributed by atoms with Crippen LogP contribution in [0.1, 0.15) is 23.5 Å². The van der Waals surface area contributed by atoms with Crippen LogP contribution >= 0.6 is 27.3 Å². The highest BCUT2D eigenvalue weighted by Gasteiger charge is 2.23. The van der Waals surface area contributed by atoms with Crippen molar-refractivity contribution in [2.75, 3.05) is 6.54 Å². The van der Waals surface area contributed by atoms with Crippen LogP contribution in [-0.2, 0) is 4.79 Å². The van der Waals surface area contributed by atoms with E-state index < -0.39 is 5.91 Å². The van der Waals surface area contributed by atoms with Gasteiger partial charge in [-0.05, 0) is 41.2 Å². The summed E-state index contributed by atoms with van der Waals surface area (Å²) in [4.78, 5) is 25.0. The van der Waals surface area contributed by atoms with Crippen LogP contribution in [0.25, 0.3) is 0 Å². The van der Waals surface area contributed by atoms with Gasteiger partial charge in [-0.3, -0.25) is 9.59 Å². The summed E-state index contributed by atoms with van der Waals surface area (Å²) in [6.45, 7) is 3.64. The number of primary amides is 1. The minimum Gasteiger partial charge on any atom is -0.368 e. The Bertz CT molecular complexity index is 403. The molecule has 0 fully saturated rings. The number of nitrogens with zero attached hydrogens (tertiary/aromatic N) is 1. The number of rotatable bonds is 4. The maximum atomic E-state index is 12.1. The summed E-state index contributed by atoms with van der Waals surface area (Å²) in [5.74, 6) is -0.676. The lowest BCUT2D eigenvalue weighted by Gasteiger charge is -2.24. The van der Waals surface area contributed by atoms with E-state index in [1.807, 2.05) is 19.2 Å². The Balaban J connectivity index is 2.92. The average Bonchev–Trinajstić information content (AvgIpc) is 2.59. The first-order valence-electron chi connectivity index (χ1n) is 4.75. The molecular weight excluding hydrogens is 292 g/mol. The predicted molar refractivity (Wildman–Crippen MR) is 67.4 cm³/mol. The summed E-state index contributed by atoms with van der Waals surface area (Å²) in [6.07, 6.45) is 0. The molecule has 0 spiro atoms. The summed E-state index contributed by atoms with van der Waals surface area (Å²) in [5, 5.41) is 1.82. The average molecular weight is 305 g/mol. The van der Waals surface area contributed by atoms with Gasteiger partial charge in [0.15, 0.2) is 0 Å². The third kappa shape index (κ3) is 3.05. The third-order valence-corrected chi connectivity index (χ3v) is 3.85. The van der Waals surface area contributed by atoms with Gasteiger partial charge < -0.3 is 10.6 Å². The van der Waals surface area contributed by atoms with Crippen molar-refractivity contribution in [3.05, 3.63) is 20.8 Å². The van der Waals surface area contributed by atoms with E-state index in [1.165, 1.54) is 16.2 Å². The van der Waals surface area contributed by atoms with Crippen LogP contribution in [0.2, 0.25) is 0 Å². The van der Waals surface area contributed by atoms with Crippen molar-refractivity contribution in [1.82, 2.24) is 4.90 Å². The Morgan fingerprint density at radius 1 is 1.56 bits per heavy atom. The molecule has 2 amide bonds. The number of carbonyl (C=O) groups excluding carboxylic acids is 2. The highest BCUT2D eigenvalue weighted by atomic mass is 79.9. The SMILES string of the molecule is CC(C)N(CC(N)=O)C(=O)c1sccc1Br. The molecule has 2 N–H and O–H groups in total. The molecule has 0 saturated carbocycles. The summed E-state index contributed by atoms with van der Waals surface area (Å²) in [7, 11) is 0. The molecule has 0 atom stereocenters. The summed E-state index contributed by atoms with van der Waals surface area (Å²) in [5.41, 5.74) is 5.12. The molecule has 0 aliphatic carbocycles. The maximum absolute atomic E-state index is 12.1. The molecule has 1 aromatic rings. The first-order valence-corrected chi connectivity index (χ1v) is 6.43. The topological polar surface area (TPSA) is 63.4 Å². The van der Waals surface area contributed by atoms with Gasteiger partial charge in [0.05, 0.1) is 6.54 Å². The van der Waals surface area contributed by atoms with E-state index in [0.29, 0.717) is 4.88 Å². The molecule has 0 radical (unpaired) electrons. The highest BCUT2D eigenvalue weighted by Crippen LogP contribution is 2.24. The summed E-state index contributed by atoms with van der Waals surface area (Å²) >= 11 is 4.64. The van der Waals surface area contributed by atoms with Crippen molar-refractivity contribution in [2.45, 2.75) is 19.9 Å². The smallest absolute Gasteiger partial charge is 0.265 e. The Labute approximate surface area is 107 Å². The predicted octanol–water partition coefficient (Wildman–Crippen LogP) is 1.85. The van der Waals surface area contributed by atoms with E-state index in [4.69, 9.17) is 5.73 Å². The van der Waals surface area contributed by atoms with Crippen LogP contribution in [0, 0.1) is 0 Å². The Kier molecular flexibility index (Phi) is 4.49. The van der Waals surface area contributed by atoms with Gasteiger partial charge in [0.2, 0.25) is 5.91 Å². The van der Waals surface area contributed by atoms with E-state index in [-0.39, 0.29) is 18.5 Å². The minimum atomic E-state index is -0.505. The van der Waals surface area contributed by atoms with Gasteiger partial charge in [0.1, 0.15) is 4.88 Å². The molecular formula is C10H13BrN2O2S. The number of thiophene rings is 1. The molecule has 1 rings (SSSR count). The van der Waals surface area contributed by atoms with Crippen molar-refractivity contribution in [3.8, 4) is 0 Å². The number of hydrogen-bond donors (Lipinski definition) is 1. The van der Waals surface area contributed by atoms with Gasteiger partial charge in [-0.25, -0.2) is 0 Å². The Hall–Kier alpha value is -0.880. The number of carbonyl (C=O) groups is 2. The molecule has 1 heterocycles. The molecule has 0 aromatic carbocycles. The maximum Gasteiger partial charge on any atom is 0.265 e. The molecule has 1 aromatic heterocycles. The van der Waals surface area contributed by atoms with Crippen molar-refractivity contribution in [2.24, 2.45) is 5.73 Å². The first-order chi connectivity index (χ1) is 7.43. The molecule has 0 aliphatic heterocycles. The normalized spacial score (nSPS) is 10.5. The fraction of sp³-hybridized carbons (Fsp3) is 0.400. The molecule has 0 bridgehead atoms. The first kappa shape index (κ1) is 13.2. The van der Waals surface area contributed by atoms with Crippen LogP contribution in [-0.4, -0.2) is 29.3 Å². The summed E-state index contributed by atoms with van der Waals surface area (Å²) in [6, 6.07) is 1.75. The van der Waals surface area contributed by atoms with Crippen LogP contribution in [0.3, 0.4) is 0 Å². The second kappa shape index (κ2) is 5.45. The second-order valence-corrected chi connectivity index (χ2v) is 5.36. The number of halogens is 1. The zero-order valence-corrected chi connectivity index (χ0v) is 11.5.